The number of ether oxygens (including phenoxy) is 2. The highest BCUT2D eigenvalue weighted by molar-refractivity contribution is 6.04. The minimum Gasteiger partial charge on any atom is -0.494 e. The third-order valence-corrected chi connectivity index (χ3v) is 2.63. The summed E-state index contributed by atoms with van der Waals surface area (Å²) < 4.78 is 10.5. The van der Waals surface area contributed by atoms with Crippen LogP contribution in [0.1, 0.15) is 17.3 Å². The molecule has 0 saturated carbocycles. The van der Waals surface area contributed by atoms with Gasteiger partial charge in [-0.25, -0.2) is 4.98 Å². The Hall–Kier alpha value is -2.56. The van der Waals surface area contributed by atoms with Crippen molar-refractivity contribution in [3.8, 4) is 11.5 Å². The summed E-state index contributed by atoms with van der Waals surface area (Å²) in [4.78, 5) is 16.3. The highest BCUT2D eigenvalue weighted by Gasteiger charge is 2.11. The topological polar surface area (TPSA) is 60.5 Å². The molecule has 0 bridgehead atoms. The van der Waals surface area contributed by atoms with E-state index in [0.717, 1.165) is 0 Å². The van der Waals surface area contributed by atoms with Crippen LogP contribution in [0.5, 0.6) is 11.5 Å². The van der Waals surface area contributed by atoms with Gasteiger partial charge in [-0.2, -0.15) is 0 Å². The Morgan fingerprint density at radius 1 is 1.30 bits per heavy atom. The third-order valence-electron chi connectivity index (χ3n) is 2.63. The Morgan fingerprint density at radius 2 is 2.15 bits per heavy atom. The highest BCUT2D eigenvalue weighted by Crippen LogP contribution is 2.21. The second-order valence-corrected chi connectivity index (χ2v) is 3.97. The van der Waals surface area contributed by atoms with E-state index in [1.165, 1.54) is 7.11 Å². The van der Waals surface area contributed by atoms with Gasteiger partial charge in [0.25, 0.3) is 5.91 Å². The molecule has 0 atom stereocenters. The fourth-order valence-corrected chi connectivity index (χ4v) is 1.72. The molecule has 1 N–H and O–H groups in total. The Balaban J connectivity index is 2.17. The average Bonchev–Trinajstić information content (AvgIpc) is 2.48. The number of anilines is 1. The van der Waals surface area contributed by atoms with Gasteiger partial charge in [0.15, 0.2) is 11.6 Å². The quantitative estimate of drug-likeness (QED) is 0.909. The van der Waals surface area contributed by atoms with Gasteiger partial charge in [0, 0.05) is 11.8 Å². The van der Waals surface area contributed by atoms with Crippen LogP contribution < -0.4 is 14.8 Å². The molecule has 2 rings (SSSR count). The third kappa shape index (κ3) is 3.26. The second-order valence-electron chi connectivity index (χ2n) is 3.97. The lowest BCUT2D eigenvalue weighted by molar-refractivity contribution is 0.102. The number of nitrogens with one attached hydrogen (secondary N) is 1. The van der Waals surface area contributed by atoms with E-state index in [1.807, 2.05) is 13.0 Å². The number of methoxy groups -OCH3 is 1. The van der Waals surface area contributed by atoms with Crippen molar-refractivity contribution in [2.45, 2.75) is 6.92 Å². The van der Waals surface area contributed by atoms with Crippen LogP contribution in [0.4, 0.5) is 5.82 Å². The first-order valence-corrected chi connectivity index (χ1v) is 6.27. The summed E-state index contributed by atoms with van der Waals surface area (Å²) in [5, 5.41) is 2.72. The van der Waals surface area contributed by atoms with Crippen LogP contribution in [0, 0.1) is 0 Å². The molecule has 104 valence electrons. The van der Waals surface area contributed by atoms with Gasteiger partial charge in [-0.1, -0.05) is 6.07 Å². The second kappa shape index (κ2) is 6.56. The maximum absolute atomic E-state index is 12.2. The van der Waals surface area contributed by atoms with Crippen molar-refractivity contribution >= 4 is 11.7 Å². The van der Waals surface area contributed by atoms with Gasteiger partial charge in [0.1, 0.15) is 5.75 Å². The largest absolute Gasteiger partial charge is 0.494 e. The lowest BCUT2D eigenvalue weighted by Gasteiger charge is -2.09. The van der Waals surface area contributed by atoms with E-state index in [0.29, 0.717) is 29.5 Å². The number of carbonyl (C=O) groups excluding carboxylic acids is 1. The molecule has 0 aliphatic carbocycles. The Kier molecular flexibility index (Phi) is 4.55. The van der Waals surface area contributed by atoms with Crippen LogP contribution >= 0.6 is 0 Å². The molecule has 0 aliphatic rings. The van der Waals surface area contributed by atoms with E-state index in [-0.39, 0.29) is 5.91 Å². The smallest absolute Gasteiger partial charge is 0.257 e. The van der Waals surface area contributed by atoms with Gasteiger partial charge in [-0.15, -0.1) is 0 Å². The molecule has 0 spiro atoms. The van der Waals surface area contributed by atoms with Crippen molar-refractivity contribution in [2.75, 3.05) is 19.0 Å². The van der Waals surface area contributed by atoms with Gasteiger partial charge in [-0.3, -0.25) is 4.79 Å². The number of aromatic nitrogens is 1. The van der Waals surface area contributed by atoms with Crippen LogP contribution in [-0.2, 0) is 0 Å². The van der Waals surface area contributed by atoms with E-state index in [2.05, 4.69) is 10.3 Å². The van der Waals surface area contributed by atoms with Gasteiger partial charge in [0.05, 0.1) is 13.7 Å². The van der Waals surface area contributed by atoms with Gasteiger partial charge in [0.2, 0.25) is 0 Å². The SMILES string of the molecule is CCOc1cccc(C(=O)Nc2ncccc2OC)c1. The van der Waals surface area contributed by atoms with Crippen molar-refractivity contribution in [3.05, 3.63) is 48.2 Å². The number of carbonyl (C=O) groups is 1. The predicted octanol–water partition coefficient (Wildman–Crippen LogP) is 2.74. The zero-order chi connectivity index (χ0) is 14.4. The zero-order valence-corrected chi connectivity index (χ0v) is 11.4. The van der Waals surface area contributed by atoms with Gasteiger partial charge >= 0.3 is 0 Å². The maximum Gasteiger partial charge on any atom is 0.257 e. The van der Waals surface area contributed by atoms with E-state index in [9.17, 15) is 4.79 Å². The standard InChI is InChI=1S/C15H16N2O3/c1-3-20-12-7-4-6-11(10-12)15(18)17-14-13(19-2)8-5-9-16-14/h4-10H,3H2,1-2H3,(H,16,17,18). The molecule has 5 nitrogen and oxygen atoms in total. The summed E-state index contributed by atoms with van der Waals surface area (Å²) in [6.45, 7) is 2.45. The van der Waals surface area contributed by atoms with E-state index >= 15 is 0 Å². The lowest BCUT2D eigenvalue weighted by atomic mass is 10.2. The first kappa shape index (κ1) is 13.9. The Labute approximate surface area is 117 Å². The molecule has 1 aromatic carbocycles. The van der Waals surface area contributed by atoms with Crippen LogP contribution in [0.3, 0.4) is 0 Å². The van der Waals surface area contributed by atoms with Crippen molar-refractivity contribution in [3.63, 3.8) is 0 Å². The van der Waals surface area contributed by atoms with Crippen molar-refractivity contribution < 1.29 is 14.3 Å². The first-order valence-electron chi connectivity index (χ1n) is 6.27. The minimum absolute atomic E-state index is 0.261. The molecular formula is C15H16N2O3. The number of nitrogens with zero attached hydrogens (tertiary/aromatic N) is 1. The summed E-state index contributed by atoms with van der Waals surface area (Å²) in [6.07, 6.45) is 1.59. The average molecular weight is 272 g/mol. The first-order chi connectivity index (χ1) is 9.74. The minimum atomic E-state index is -0.261. The highest BCUT2D eigenvalue weighted by atomic mass is 16.5. The van der Waals surface area contributed by atoms with Crippen molar-refractivity contribution in [2.24, 2.45) is 0 Å². The predicted molar refractivity (Wildman–Crippen MR) is 76.4 cm³/mol. The lowest BCUT2D eigenvalue weighted by Crippen LogP contribution is -2.13. The van der Waals surface area contributed by atoms with Gasteiger partial charge < -0.3 is 14.8 Å². The fourth-order valence-electron chi connectivity index (χ4n) is 1.72. The van der Waals surface area contributed by atoms with Crippen molar-refractivity contribution in [1.29, 1.82) is 0 Å². The molecule has 20 heavy (non-hydrogen) atoms. The van der Waals surface area contributed by atoms with Crippen LogP contribution in [-0.4, -0.2) is 24.6 Å². The molecule has 0 saturated heterocycles. The molecule has 0 fully saturated rings. The van der Waals surface area contributed by atoms with Crippen LogP contribution in [0.25, 0.3) is 0 Å². The number of hydrogen-bond acceptors (Lipinski definition) is 4. The number of benzene rings is 1. The van der Waals surface area contributed by atoms with Crippen LogP contribution in [0.15, 0.2) is 42.6 Å². The number of pyridine rings is 1. The van der Waals surface area contributed by atoms with Gasteiger partial charge in [-0.05, 0) is 37.3 Å². The van der Waals surface area contributed by atoms with Crippen LogP contribution in [0.2, 0.25) is 0 Å². The molecule has 0 radical (unpaired) electrons. The van der Waals surface area contributed by atoms with E-state index in [1.54, 1.807) is 36.5 Å². The zero-order valence-electron chi connectivity index (χ0n) is 11.4. The fraction of sp³-hybridized carbons (Fsp3) is 0.200. The summed E-state index contributed by atoms with van der Waals surface area (Å²) in [6, 6.07) is 10.5. The molecule has 0 aliphatic heterocycles. The summed E-state index contributed by atoms with van der Waals surface area (Å²) in [7, 11) is 1.53. The Morgan fingerprint density at radius 3 is 2.90 bits per heavy atom. The number of rotatable bonds is 5. The molecular weight excluding hydrogens is 256 g/mol. The molecule has 1 heterocycles. The molecule has 5 heteroatoms. The maximum atomic E-state index is 12.2. The number of hydrogen-bond donors (Lipinski definition) is 1. The summed E-state index contributed by atoms with van der Waals surface area (Å²) in [5.41, 5.74) is 0.503. The molecule has 1 amide bonds. The van der Waals surface area contributed by atoms with Crippen molar-refractivity contribution in [1.82, 2.24) is 4.98 Å². The molecule has 2 aromatic rings. The van der Waals surface area contributed by atoms with E-state index in [4.69, 9.17) is 9.47 Å². The number of amides is 1. The molecule has 1 aromatic heterocycles. The normalized spacial score (nSPS) is 9.90. The summed E-state index contributed by atoms with van der Waals surface area (Å²) >= 11 is 0. The molecule has 0 unspecified atom stereocenters. The Bertz CT molecular complexity index is 599. The summed E-state index contributed by atoms with van der Waals surface area (Å²) in [5.74, 6) is 1.31. The monoisotopic (exact) mass is 272 g/mol. The van der Waals surface area contributed by atoms with E-state index < -0.39 is 0 Å².